The van der Waals surface area contributed by atoms with Crippen molar-refractivity contribution in [1.29, 1.82) is 0 Å². The molecule has 1 N–H and O–H groups in total. The van der Waals surface area contributed by atoms with Crippen LogP contribution in [0.2, 0.25) is 0 Å². The van der Waals surface area contributed by atoms with Gasteiger partial charge < -0.3 is 10.0 Å². The number of aryl methyl sites for hydroxylation is 2. The minimum atomic E-state index is -0.419. The van der Waals surface area contributed by atoms with Gasteiger partial charge in [-0.25, -0.2) is 0 Å². The molecular weight excluding hydrogens is 186 g/mol. The zero-order valence-electron chi connectivity index (χ0n) is 9.33. The Hall–Kier alpha value is -1.28. The summed E-state index contributed by atoms with van der Waals surface area (Å²) in [6.07, 6.45) is 1.31. The SMILES string of the molecule is C=C(C)N1c2ccc(C)cc2CCC1O. The van der Waals surface area contributed by atoms with Crippen LogP contribution in [0.4, 0.5) is 5.69 Å². The first-order valence-electron chi connectivity index (χ1n) is 5.32. The second-order valence-corrected chi connectivity index (χ2v) is 4.26. The van der Waals surface area contributed by atoms with E-state index in [-0.39, 0.29) is 0 Å². The Morgan fingerprint density at radius 1 is 1.53 bits per heavy atom. The molecule has 0 radical (unpaired) electrons. The monoisotopic (exact) mass is 203 g/mol. The van der Waals surface area contributed by atoms with E-state index in [4.69, 9.17) is 0 Å². The third-order valence-electron chi connectivity index (χ3n) is 2.88. The average molecular weight is 203 g/mol. The molecule has 1 atom stereocenters. The molecule has 2 rings (SSSR count). The first kappa shape index (κ1) is 10.2. The lowest BCUT2D eigenvalue weighted by Gasteiger charge is -2.36. The number of aliphatic hydroxyl groups excluding tert-OH is 1. The normalized spacial score (nSPS) is 19.9. The van der Waals surface area contributed by atoms with Gasteiger partial charge in [-0.3, -0.25) is 0 Å². The highest BCUT2D eigenvalue weighted by Gasteiger charge is 2.24. The lowest BCUT2D eigenvalue weighted by Crippen LogP contribution is -2.37. The second kappa shape index (κ2) is 3.70. The summed E-state index contributed by atoms with van der Waals surface area (Å²) in [5.74, 6) is 0. The fourth-order valence-corrected chi connectivity index (χ4v) is 2.18. The van der Waals surface area contributed by atoms with Gasteiger partial charge in [0.15, 0.2) is 0 Å². The molecule has 0 fully saturated rings. The second-order valence-electron chi connectivity index (χ2n) is 4.26. The van der Waals surface area contributed by atoms with Crippen molar-refractivity contribution < 1.29 is 5.11 Å². The van der Waals surface area contributed by atoms with Crippen LogP contribution in [0.25, 0.3) is 0 Å². The largest absolute Gasteiger partial charge is 0.373 e. The molecule has 15 heavy (non-hydrogen) atoms. The topological polar surface area (TPSA) is 23.5 Å². The van der Waals surface area contributed by atoms with Crippen LogP contribution in [-0.4, -0.2) is 11.3 Å². The van der Waals surface area contributed by atoms with Gasteiger partial charge in [0.1, 0.15) is 6.23 Å². The molecule has 0 aliphatic carbocycles. The number of aliphatic hydroxyl groups is 1. The third kappa shape index (κ3) is 1.77. The van der Waals surface area contributed by atoms with Gasteiger partial charge in [0.2, 0.25) is 0 Å². The molecule has 80 valence electrons. The van der Waals surface area contributed by atoms with Crippen molar-refractivity contribution in [2.75, 3.05) is 4.90 Å². The molecule has 1 aliphatic heterocycles. The maximum absolute atomic E-state index is 9.92. The summed E-state index contributed by atoms with van der Waals surface area (Å²) < 4.78 is 0. The summed E-state index contributed by atoms with van der Waals surface area (Å²) in [6, 6.07) is 6.34. The van der Waals surface area contributed by atoms with Crippen LogP contribution in [0, 0.1) is 6.92 Å². The molecular formula is C13H17NO. The molecule has 0 bridgehead atoms. The smallest absolute Gasteiger partial charge is 0.131 e. The van der Waals surface area contributed by atoms with E-state index < -0.39 is 6.23 Å². The number of hydrogen-bond acceptors (Lipinski definition) is 2. The van der Waals surface area contributed by atoms with E-state index in [2.05, 4.69) is 31.7 Å². The molecule has 1 unspecified atom stereocenters. The Morgan fingerprint density at radius 3 is 2.93 bits per heavy atom. The zero-order chi connectivity index (χ0) is 11.0. The summed E-state index contributed by atoms with van der Waals surface area (Å²) >= 11 is 0. The maximum atomic E-state index is 9.92. The average Bonchev–Trinajstić information content (AvgIpc) is 2.17. The quantitative estimate of drug-likeness (QED) is 0.758. The number of nitrogens with zero attached hydrogens (tertiary/aromatic N) is 1. The van der Waals surface area contributed by atoms with Crippen molar-refractivity contribution in [3.63, 3.8) is 0 Å². The van der Waals surface area contributed by atoms with Crippen LogP contribution in [0.15, 0.2) is 30.5 Å². The first-order valence-corrected chi connectivity index (χ1v) is 5.32. The summed E-state index contributed by atoms with van der Waals surface area (Å²) in [7, 11) is 0. The number of anilines is 1. The molecule has 2 heteroatoms. The Bertz CT molecular complexity index is 398. The van der Waals surface area contributed by atoms with E-state index in [0.29, 0.717) is 0 Å². The number of rotatable bonds is 1. The van der Waals surface area contributed by atoms with E-state index in [1.54, 1.807) is 0 Å². The minimum Gasteiger partial charge on any atom is -0.373 e. The van der Waals surface area contributed by atoms with Crippen molar-refractivity contribution in [2.24, 2.45) is 0 Å². The van der Waals surface area contributed by atoms with Crippen LogP contribution < -0.4 is 4.90 Å². The van der Waals surface area contributed by atoms with E-state index in [1.165, 1.54) is 11.1 Å². The molecule has 1 aliphatic rings. The number of benzene rings is 1. The molecule has 1 aromatic carbocycles. The predicted molar refractivity (Wildman–Crippen MR) is 62.8 cm³/mol. The highest BCUT2D eigenvalue weighted by molar-refractivity contribution is 5.60. The zero-order valence-corrected chi connectivity index (χ0v) is 9.33. The molecule has 1 aromatic rings. The molecule has 0 amide bonds. The third-order valence-corrected chi connectivity index (χ3v) is 2.88. The Kier molecular flexibility index (Phi) is 2.53. The van der Waals surface area contributed by atoms with Crippen molar-refractivity contribution in [3.05, 3.63) is 41.6 Å². The van der Waals surface area contributed by atoms with Gasteiger partial charge in [-0.05, 0) is 38.3 Å². The first-order chi connectivity index (χ1) is 7.09. The summed E-state index contributed by atoms with van der Waals surface area (Å²) in [4.78, 5) is 1.91. The van der Waals surface area contributed by atoms with Crippen LogP contribution in [0.5, 0.6) is 0 Å². The molecule has 0 saturated heterocycles. The van der Waals surface area contributed by atoms with Crippen molar-refractivity contribution in [3.8, 4) is 0 Å². The fraction of sp³-hybridized carbons (Fsp3) is 0.385. The van der Waals surface area contributed by atoms with Gasteiger partial charge in [0.05, 0.1) is 0 Å². The van der Waals surface area contributed by atoms with Crippen LogP contribution in [-0.2, 0) is 6.42 Å². The highest BCUT2D eigenvalue weighted by Crippen LogP contribution is 2.32. The fourth-order valence-electron chi connectivity index (χ4n) is 2.18. The van der Waals surface area contributed by atoms with Gasteiger partial charge in [-0.2, -0.15) is 0 Å². The van der Waals surface area contributed by atoms with Crippen molar-refractivity contribution in [2.45, 2.75) is 32.9 Å². The summed E-state index contributed by atoms with van der Waals surface area (Å²) in [5.41, 5.74) is 4.58. The van der Waals surface area contributed by atoms with E-state index in [1.807, 2.05) is 11.8 Å². The maximum Gasteiger partial charge on any atom is 0.131 e. The molecule has 0 aromatic heterocycles. The lowest BCUT2D eigenvalue weighted by atomic mass is 9.98. The van der Waals surface area contributed by atoms with E-state index >= 15 is 0 Å². The lowest BCUT2D eigenvalue weighted by molar-refractivity contribution is 0.161. The van der Waals surface area contributed by atoms with E-state index in [0.717, 1.165) is 24.2 Å². The van der Waals surface area contributed by atoms with Crippen LogP contribution in [0.3, 0.4) is 0 Å². The van der Waals surface area contributed by atoms with Crippen LogP contribution in [0.1, 0.15) is 24.5 Å². The van der Waals surface area contributed by atoms with Gasteiger partial charge >= 0.3 is 0 Å². The van der Waals surface area contributed by atoms with Gasteiger partial charge in [0.25, 0.3) is 0 Å². The van der Waals surface area contributed by atoms with Gasteiger partial charge in [-0.15, -0.1) is 0 Å². The van der Waals surface area contributed by atoms with Crippen molar-refractivity contribution in [1.82, 2.24) is 0 Å². The minimum absolute atomic E-state index is 0.419. The predicted octanol–water partition coefficient (Wildman–Crippen LogP) is 2.60. The Balaban J connectivity index is 2.48. The summed E-state index contributed by atoms with van der Waals surface area (Å²) in [6.45, 7) is 7.94. The molecule has 0 spiro atoms. The molecule has 1 heterocycles. The molecule has 0 saturated carbocycles. The number of fused-ring (bicyclic) bond motifs is 1. The Morgan fingerprint density at radius 2 is 2.27 bits per heavy atom. The van der Waals surface area contributed by atoms with E-state index in [9.17, 15) is 5.11 Å². The number of hydrogen-bond donors (Lipinski definition) is 1. The van der Waals surface area contributed by atoms with Gasteiger partial charge in [0, 0.05) is 11.4 Å². The highest BCUT2D eigenvalue weighted by atomic mass is 16.3. The van der Waals surface area contributed by atoms with Gasteiger partial charge in [-0.1, -0.05) is 24.3 Å². The van der Waals surface area contributed by atoms with Crippen molar-refractivity contribution >= 4 is 5.69 Å². The van der Waals surface area contributed by atoms with Crippen LogP contribution >= 0.6 is 0 Å². The standard InChI is InChI=1S/C13H17NO/c1-9(2)14-12-6-4-10(3)8-11(12)5-7-13(14)15/h4,6,8,13,15H,1,5,7H2,2-3H3. The summed E-state index contributed by atoms with van der Waals surface area (Å²) in [5, 5.41) is 9.92. The number of allylic oxidation sites excluding steroid dienone is 1. The Labute approximate surface area is 90.8 Å². The molecule has 2 nitrogen and oxygen atoms in total.